The highest BCUT2D eigenvalue weighted by molar-refractivity contribution is 6.07. The van der Waals surface area contributed by atoms with E-state index in [-0.39, 0.29) is 17.2 Å². The van der Waals surface area contributed by atoms with E-state index in [1.807, 2.05) is 0 Å². The van der Waals surface area contributed by atoms with Crippen molar-refractivity contribution < 1.29 is 10.0 Å². The van der Waals surface area contributed by atoms with Gasteiger partial charge in [-0.2, -0.15) is 0 Å². The number of hydrogen-bond acceptors (Lipinski definition) is 3. The summed E-state index contributed by atoms with van der Waals surface area (Å²) in [6.07, 6.45) is 2.30. The van der Waals surface area contributed by atoms with Crippen molar-refractivity contribution in [3.8, 4) is 0 Å². The lowest BCUT2D eigenvalue weighted by atomic mass is 9.66. The molecule has 0 aromatic heterocycles. The van der Waals surface area contributed by atoms with Crippen LogP contribution in [0.1, 0.15) is 40.0 Å². The average Bonchev–Trinajstić information content (AvgIpc) is 2.12. The summed E-state index contributed by atoms with van der Waals surface area (Å²) < 4.78 is 0. The molecule has 1 saturated carbocycles. The predicted octanol–water partition coefficient (Wildman–Crippen LogP) is 1.41. The molecule has 0 aromatic rings. The number of amides is 1. The van der Waals surface area contributed by atoms with Crippen molar-refractivity contribution in [1.82, 2.24) is 4.90 Å². The van der Waals surface area contributed by atoms with E-state index in [2.05, 4.69) is 25.9 Å². The van der Waals surface area contributed by atoms with E-state index >= 15 is 0 Å². The monoisotopic (exact) mass is 241 g/mol. The number of carbonyl (C=O) groups excluding carboxylic acids is 1. The van der Waals surface area contributed by atoms with Gasteiger partial charge >= 0.3 is 0 Å². The van der Waals surface area contributed by atoms with Gasteiger partial charge in [-0.25, -0.2) is 0 Å². The van der Waals surface area contributed by atoms with Gasteiger partial charge in [0.15, 0.2) is 5.84 Å². The van der Waals surface area contributed by atoms with Crippen molar-refractivity contribution in [3.63, 3.8) is 0 Å². The van der Waals surface area contributed by atoms with E-state index in [9.17, 15) is 4.79 Å². The van der Waals surface area contributed by atoms with Crippen molar-refractivity contribution >= 4 is 11.7 Å². The molecule has 0 bridgehead atoms. The molecule has 5 nitrogen and oxygen atoms in total. The van der Waals surface area contributed by atoms with Crippen LogP contribution in [-0.4, -0.2) is 35.4 Å². The molecule has 1 rings (SSSR count). The van der Waals surface area contributed by atoms with Gasteiger partial charge in [0.25, 0.3) is 0 Å². The molecule has 1 amide bonds. The first-order valence-corrected chi connectivity index (χ1v) is 5.96. The summed E-state index contributed by atoms with van der Waals surface area (Å²) in [5, 5.41) is 11.8. The molecule has 0 saturated heterocycles. The first-order valence-electron chi connectivity index (χ1n) is 5.96. The van der Waals surface area contributed by atoms with Crippen LogP contribution in [0.3, 0.4) is 0 Å². The maximum Gasteiger partial charge on any atom is 0.236 e. The SMILES string of the molecule is CN(CC(C)(C)C)C(=O)C1(C(N)=NO)CCC1. The molecule has 0 aliphatic heterocycles. The van der Waals surface area contributed by atoms with Crippen molar-refractivity contribution in [2.45, 2.75) is 40.0 Å². The standard InChI is InChI=1S/C12H23N3O2/c1-11(2,3)8-15(4)10(16)12(6-5-7-12)9(13)14-17/h17H,5-8H2,1-4H3,(H2,13,14). The van der Waals surface area contributed by atoms with Crippen LogP contribution in [0, 0.1) is 10.8 Å². The highest BCUT2D eigenvalue weighted by Gasteiger charge is 2.49. The highest BCUT2D eigenvalue weighted by Crippen LogP contribution is 2.42. The van der Waals surface area contributed by atoms with Crippen LogP contribution in [0.2, 0.25) is 0 Å². The van der Waals surface area contributed by atoms with Crippen LogP contribution in [-0.2, 0) is 4.79 Å². The van der Waals surface area contributed by atoms with Gasteiger partial charge in [0, 0.05) is 13.6 Å². The fourth-order valence-electron chi connectivity index (χ4n) is 2.35. The van der Waals surface area contributed by atoms with E-state index in [4.69, 9.17) is 10.9 Å². The maximum absolute atomic E-state index is 12.4. The summed E-state index contributed by atoms with van der Waals surface area (Å²) >= 11 is 0. The van der Waals surface area contributed by atoms with Gasteiger partial charge in [-0.15, -0.1) is 0 Å². The number of amidine groups is 1. The van der Waals surface area contributed by atoms with E-state index in [1.54, 1.807) is 11.9 Å². The van der Waals surface area contributed by atoms with Crippen LogP contribution >= 0.6 is 0 Å². The highest BCUT2D eigenvalue weighted by atomic mass is 16.4. The molecule has 5 heteroatoms. The second-order valence-corrected chi connectivity index (χ2v) is 6.14. The van der Waals surface area contributed by atoms with Crippen LogP contribution in [0.4, 0.5) is 0 Å². The van der Waals surface area contributed by atoms with Gasteiger partial charge in [-0.05, 0) is 18.3 Å². The largest absolute Gasteiger partial charge is 0.409 e. The van der Waals surface area contributed by atoms with Gasteiger partial charge < -0.3 is 15.8 Å². The Kier molecular flexibility index (Phi) is 3.69. The molecule has 17 heavy (non-hydrogen) atoms. The minimum absolute atomic E-state index is 0.0334. The Morgan fingerprint density at radius 3 is 2.29 bits per heavy atom. The number of nitrogens with two attached hydrogens (primary N) is 1. The molecule has 0 heterocycles. The number of carbonyl (C=O) groups is 1. The molecule has 0 radical (unpaired) electrons. The Morgan fingerprint density at radius 2 is 2.00 bits per heavy atom. The second kappa shape index (κ2) is 4.55. The molecule has 0 unspecified atom stereocenters. The first-order chi connectivity index (χ1) is 7.73. The molecule has 1 aliphatic carbocycles. The molecule has 0 atom stereocenters. The van der Waals surface area contributed by atoms with E-state index < -0.39 is 5.41 Å². The summed E-state index contributed by atoms with van der Waals surface area (Å²) in [4.78, 5) is 14.1. The average molecular weight is 241 g/mol. The molecule has 0 aromatic carbocycles. The van der Waals surface area contributed by atoms with E-state index in [1.165, 1.54) is 0 Å². The zero-order chi connectivity index (χ0) is 13.3. The number of nitrogens with zero attached hydrogens (tertiary/aromatic N) is 2. The fourth-order valence-corrected chi connectivity index (χ4v) is 2.35. The molecule has 98 valence electrons. The quantitative estimate of drug-likeness (QED) is 0.339. The summed E-state index contributed by atoms with van der Waals surface area (Å²) in [6, 6.07) is 0. The number of hydrogen-bond donors (Lipinski definition) is 2. The van der Waals surface area contributed by atoms with E-state index in [0.29, 0.717) is 19.4 Å². The van der Waals surface area contributed by atoms with Crippen LogP contribution in [0.15, 0.2) is 5.16 Å². The molecule has 1 aliphatic rings. The topological polar surface area (TPSA) is 78.9 Å². The van der Waals surface area contributed by atoms with Gasteiger partial charge in [0.05, 0.1) is 0 Å². The Labute approximate surface area is 103 Å². The van der Waals surface area contributed by atoms with Gasteiger partial charge in [-0.1, -0.05) is 32.3 Å². The lowest BCUT2D eigenvalue weighted by molar-refractivity contribution is -0.142. The Morgan fingerprint density at radius 1 is 1.47 bits per heavy atom. The maximum atomic E-state index is 12.4. The van der Waals surface area contributed by atoms with Gasteiger partial charge in [0.2, 0.25) is 5.91 Å². The van der Waals surface area contributed by atoms with Crippen molar-refractivity contribution in [2.75, 3.05) is 13.6 Å². The lowest BCUT2D eigenvalue weighted by Crippen LogP contribution is -2.55. The summed E-state index contributed by atoms with van der Waals surface area (Å²) in [7, 11) is 1.78. The Hall–Kier alpha value is -1.26. The molecular weight excluding hydrogens is 218 g/mol. The van der Waals surface area contributed by atoms with Crippen molar-refractivity contribution in [1.29, 1.82) is 0 Å². The molecular formula is C12H23N3O2. The minimum Gasteiger partial charge on any atom is -0.409 e. The minimum atomic E-state index is -0.755. The second-order valence-electron chi connectivity index (χ2n) is 6.14. The van der Waals surface area contributed by atoms with Gasteiger partial charge in [0.1, 0.15) is 5.41 Å². The molecule has 0 spiro atoms. The number of rotatable bonds is 3. The fraction of sp³-hybridized carbons (Fsp3) is 0.833. The smallest absolute Gasteiger partial charge is 0.236 e. The van der Waals surface area contributed by atoms with Crippen LogP contribution in [0.25, 0.3) is 0 Å². The summed E-state index contributed by atoms with van der Waals surface area (Å²) in [6.45, 7) is 6.89. The third-order valence-electron chi connectivity index (χ3n) is 3.27. The lowest BCUT2D eigenvalue weighted by Gasteiger charge is -2.42. The Balaban J connectivity index is 2.81. The zero-order valence-corrected chi connectivity index (χ0v) is 11.2. The normalized spacial score (nSPS) is 19.6. The molecule has 3 N–H and O–H groups in total. The van der Waals surface area contributed by atoms with Crippen LogP contribution in [0.5, 0.6) is 0 Å². The summed E-state index contributed by atoms with van der Waals surface area (Å²) in [5.41, 5.74) is 4.96. The van der Waals surface area contributed by atoms with E-state index in [0.717, 1.165) is 6.42 Å². The van der Waals surface area contributed by atoms with Crippen molar-refractivity contribution in [3.05, 3.63) is 0 Å². The third kappa shape index (κ3) is 2.70. The van der Waals surface area contributed by atoms with Crippen LogP contribution < -0.4 is 5.73 Å². The Bertz CT molecular complexity index is 327. The van der Waals surface area contributed by atoms with Crippen molar-refractivity contribution in [2.24, 2.45) is 21.7 Å². The predicted molar refractivity (Wildman–Crippen MR) is 66.8 cm³/mol. The third-order valence-corrected chi connectivity index (χ3v) is 3.27. The summed E-state index contributed by atoms with van der Waals surface area (Å²) in [5.74, 6) is 0.0171. The zero-order valence-electron chi connectivity index (χ0n) is 11.2. The molecule has 1 fully saturated rings. The van der Waals surface area contributed by atoms with Gasteiger partial charge in [-0.3, -0.25) is 4.79 Å². The first kappa shape index (κ1) is 13.8. The number of oxime groups is 1.